The molecular weight excluding hydrogens is 1040 g/mol. The Balaban J connectivity index is 0.0000164. The summed E-state index contributed by atoms with van der Waals surface area (Å²) < 4.78 is 31.1. The molecule has 0 unspecified atom stereocenters. The molecule has 0 aliphatic carbocycles. The second kappa shape index (κ2) is 34.1. The van der Waals surface area contributed by atoms with E-state index in [9.17, 15) is 47.4 Å². The predicted octanol–water partition coefficient (Wildman–Crippen LogP) is 0.628. The summed E-state index contributed by atoms with van der Waals surface area (Å²) in [5, 5.41) is 35.0. The number of aliphatic imine (C=N–C) groups is 1. The van der Waals surface area contributed by atoms with Crippen molar-refractivity contribution in [3.8, 4) is 0 Å². The fraction of sp³-hybridized carbons (Fsp3) is 0.625. The van der Waals surface area contributed by atoms with E-state index in [2.05, 4.69) is 35.9 Å². The van der Waals surface area contributed by atoms with Gasteiger partial charge in [-0.3, -0.25) is 43.3 Å². The van der Waals surface area contributed by atoms with E-state index in [0.29, 0.717) is 69.3 Å². The number of likely N-dealkylation sites (tertiary alicyclic amines) is 1. The molecule has 0 radical (unpaired) electrons. The van der Waals surface area contributed by atoms with Gasteiger partial charge in [-0.05, 0) is 85.8 Å². The number of likely N-dealkylation sites (N-methyl/N-ethyl adjacent to an activating group) is 1. The molecule has 4 rings (SSSR count). The Bertz CT molecular complexity index is 2510. The molecule has 8 atom stereocenters. The average Bonchev–Trinajstić information content (AvgIpc) is 4.15. The first-order chi connectivity index (χ1) is 37.0. The van der Waals surface area contributed by atoms with Crippen LogP contribution < -0.4 is 50.6 Å². The van der Waals surface area contributed by atoms with E-state index in [1.54, 1.807) is 29.4 Å². The van der Waals surface area contributed by atoms with Gasteiger partial charge in [0, 0.05) is 71.0 Å². The topological polar surface area (TPSA) is 300 Å². The van der Waals surface area contributed by atoms with Crippen molar-refractivity contribution in [3.05, 3.63) is 84.2 Å². The first-order valence-corrected chi connectivity index (χ1v) is 29.1. The Kier molecular flexibility index (Phi) is 29.4. The van der Waals surface area contributed by atoms with Crippen LogP contribution >= 0.6 is 0 Å². The summed E-state index contributed by atoms with van der Waals surface area (Å²) in [6, 6.07) is 9.46. The molecule has 79 heavy (non-hydrogen) atoms. The number of benzene rings is 1. The van der Waals surface area contributed by atoms with Crippen LogP contribution in [0.2, 0.25) is 0 Å². The van der Waals surface area contributed by atoms with Crippen molar-refractivity contribution in [2.45, 2.75) is 168 Å². The SMILES string of the molecule is CC[C@H](C)[C@H](N=C([O-])[C@@H](C[C@H](O)[C@H](CC(C)C)NC(=O)[C@H](Cc1cnc[nH]1)N(C)C(=O)[C@H](Cc1ccccc1)NC(=O)[C@@H]1CCCN1C(=O)CCCCCCC(=O)N(C)CCS(=O)(=O)O)C(C)C)C(=O)NCc1ccccn1.[Na+]. The summed E-state index contributed by atoms with van der Waals surface area (Å²) in [6.45, 7) is 11.7. The summed E-state index contributed by atoms with van der Waals surface area (Å²) >= 11 is 0. The normalized spacial score (nSPS) is 16.4. The van der Waals surface area contributed by atoms with Gasteiger partial charge < -0.3 is 45.8 Å². The van der Waals surface area contributed by atoms with Crippen LogP contribution in [0.3, 0.4) is 0 Å². The van der Waals surface area contributed by atoms with Gasteiger partial charge in [-0.25, -0.2) is 4.98 Å². The van der Waals surface area contributed by atoms with Gasteiger partial charge in [-0.2, -0.15) is 8.42 Å². The van der Waals surface area contributed by atoms with Crippen LogP contribution in [0, 0.1) is 23.7 Å². The molecule has 1 saturated heterocycles. The van der Waals surface area contributed by atoms with Crippen LogP contribution in [0.4, 0.5) is 0 Å². The minimum absolute atomic E-state index is 0. The first-order valence-electron chi connectivity index (χ1n) is 27.5. The Morgan fingerprint density at radius 2 is 1.59 bits per heavy atom. The molecule has 0 bridgehead atoms. The number of imidazole rings is 1. The zero-order valence-corrected chi connectivity index (χ0v) is 50.6. The number of carbonyl (C=O) groups excluding carboxylic acids is 6. The smallest absolute Gasteiger partial charge is 0.862 e. The number of hydrogen-bond donors (Lipinski definition) is 6. The van der Waals surface area contributed by atoms with Gasteiger partial charge >= 0.3 is 29.6 Å². The van der Waals surface area contributed by atoms with Crippen LogP contribution in [0.5, 0.6) is 0 Å². The number of carbonyl (C=O) groups is 6. The minimum Gasteiger partial charge on any atom is -0.862 e. The van der Waals surface area contributed by atoms with Gasteiger partial charge in [0.15, 0.2) is 0 Å². The number of pyridine rings is 1. The average molecular weight is 1130 g/mol. The first kappa shape index (κ1) is 68.0. The number of aliphatic hydroxyl groups is 1. The number of nitrogens with zero attached hydrogens (tertiary/aromatic N) is 6. The number of H-pyrrole nitrogens is 1. The van der Waals surface area contributed by atoms with E-state index in [-0.39, 0.29) is 104 Å². The zero-order chi connectivity index (χ0) is 57.5. The van der Waals surface area contributed by atoms with Crippen LogP contribution in [0.1, 0.15) is 129 Å². The number of unbranched alkanes of at least 4 members (excludes halogenated alkanes) is 3. The molecule has 3 heterocycles. The molecule has 3 aromatic rings. The van der Waals surface area contributed by atoms with Gasteiger partial charge in [0.2, 0.25) is 35.4 Å². The summed E-state index contributed by atoms with van der Waals surface area (Å²) in [6.07, 6.45) is 7.95. The molecule has 1 aliphatic rings. The van der Waals surface area contributed by atoms with E-state index in [1.807, 2.05) is 77.9 Å². The third-order valence-corrected chi connectivity index (χ3v) is 15.2. The monoisotopic (exact) mass is 1130 g/mol. The summed E-state index contributed by atoms with van der Waals surface area (Å²) in [7, 11) is -1.23. The maximum atomic E-state index is 14.9. The second-order valence-electron chi connectivity index (χ2n) is 21.5. The fourth-order valence-electron chi connectivity index (χ4n) is 9.55. The second-order valence-corrected chi connectivity index (χ2v) is 23.1. The molecule has 0 saturated carbocycles. The number of aliphatic hydroxyl groups excluding tert-OH is 1. The predicted molar refractivity (Wildman–Crippen MR) is 295 cm³/mol. The number of amides is 6. The molecule has 0 spiro atoms. The van der Waals surface area contributed by atoms with Crippen molar-refractivity contribution in [3.63, 3.8) is 0 Å². The number of aromatic amines is 1. The van der Waals surface area contributed by atoms with Gasteiger partial charge in [0.05, 0.1) is 36.5 Å². The van der Waals surface area contributed by atoms with Gasteiger partial charge in [0.1, 0.15) is 24.2 Å². The molecule has 21 nitrogen and oxygen atoms in total. The van der Waals surface area contributed by atoms with E-state index in [4.69, 9.17) is 4.55 Å². The van der Waals surface area contributed by atoms with E-state index in [0.717, 1.165) is 5.56 Å². The summed E-state index contributed by atoms with van der Waals surface area (Å²) in [4.78, 5) is 103. The van der Waals surface area contributed by atoms with Gasteiger partial charge in [0.25, 0.3) is 10.1 Å². The Labute approximate surface area is 489 Å². The Morgan fingerprint density at radius 1 is 0.911 bits per heavy atom. The molecule has 2 aromatic heterocycles. The number of nitrogens with one attached hydrogen (secondary N) is 4. The molecule has 1 aromatic carbocycles. The van der Waals surface area contributed by atoms with Crippen LogP contribution in [-0.2, 0) is 58.3 Å². The number of aromatic nitrogens is 3. The van der Waals surface area contributed by atoms with E-state index in [1.165, 1.54) is 30.2 Å². The van der Waals surface area contributed by atoms with E-state index < -0.39 is 87.6 Å². The Morgan fingerprint density at radius 3 is 2.20 bits per heavy atom. The molecular formula is C56H85N10NaO11S. The fourth-order valence-corrected chi connectivity index (χ4v) is 10.1. The van der Waals surface area contributed by atoms with Crippen LogP contribution in [-0.4, -0.2) is 158 Å². The molecule has 1 aliphatic heterocycles. The standard InChI is InChI=1S/C56H86N10O11S.Na/c1-9-39(6)51(55(73)59-35-41-22-17-18-26-58-41)63-52(70)43(38(4)5)33-48(67)44(30-37(2)3)61-54(72)47(32-42-34-57-36-60-42)65(8)56(74)45(31-40-20-13-12-14-21-40)62-53(71)46-23-19-27-66(46)50(69)25-16-11-10-15-24-49(68)64(7)28-29-78(75,76)77;/h12-14,17-18,20-22,26,34,36-39,43-48,51,67H,9-11,15-16,19,23-25,27-33,35H2,1-8H3,(H,57,60)(H,59,73)(H,61,72)(H,62,71)(H,63,70)(H,75,76,77);/q;+1/p-1/t39-,43-,44-,45-,46-,47-,48-,51-;/m0./s1. The number of hydrogen-bond acceptors (Lipinski definition) is 13. The van der Waals surface area contributed by atoms with Crippen molar-refractivity contribution in [1.82, 2.24) is 45.6 Å². The van der Waals surface area contributed by atoms with Crippen LogP contribution in [0.25, 0.3) is 0 Å². The summed E-state index contributed by atoms with van der Waals surface area (Å²) in [5.74, 6) is -5.00. The quantitative estimate of drug-likeness (QED) is 0.0161. The molecule has 6 amide bonds. The Hall–Kier alpha value is -5.26. The maximum absolute atomic E-state index is 14.9. The van der Waals surface area contributed by atoms with Crippen LogP contribution in [0.15, 0.2) is 72.2 Å². The number of rotatable bonds is 33. The van der Waals surface area contributed by atoms with Gasteiger partial charge in [-0.1, -0.05) is 97.2 Å². The van der Waals surface area contributed by atoms with Gasteiger partial charge in [-0.15, -0.1) is 0 Å². The molecule has 432 valence electrons. The largest absolute Gasteiger partial charge is 1.00 e. The third-order valence-electron chi connectivity index (χ3n) is 14.5. The van der Waals surface area contributed by atoms with Crippen molar-refractivity contribution in [2.75, 3.05) is 32.9 Å². The third kappa shape index (κ3) is 23.0. The van der Waals surface area contributed by atoms with Crippen molar-refractivity contribution >= 4 is 51.5 Å². The van der Waals surface area contributed by atoms with E-state index >= 15 is 0 Å². The van der Waals surface area contributed by atoms with Crippen molar-refractivity contribution in [1.29, 1.82) is 0 Å². The van der Waals surface area contributed by atoms with Crippen molar-refractivity contribution < 1.29 is 81.5 Å². The van der Waals surface area contributed by atoms with Crippen molar-refractivity contribution in [2.24, 2.45) is 28.7 Å². The molecule has 1 fully saturated rings. The molecule has 6 N–H and O–H groups in total. The molecule has 23 heteroatoms. The minimum atomic E-state index is -4.19. The zero-order valence-electron chi connectivity index (χ0n) is 47.8. The summed E-state index contributed by atoms with van der Waals surface area (Å²) in [5.41, 5.74) is 1.94. The maximum Gasteiger partial charge on any atom is 1.00 e.